The van der Waals surface area contributed by atoms with Gasteiger partial charge in [-0.1, -0.05) is 57.2 Å². The van der Waals surface area contributed by atoms with E-state index in [2.05, 4.69) is 4.98 Å². The Balaban J connectivity index is 1.95. The van der Waals surface area contributed by atoms with Gasteiger partial charge >= 0.3 is 0 Å². The molecule has 1 unspecified atom stereocenters. The highest BCUT2D eigenvalue weighted by molar-refractivity contribution is 5.41. The molecule has 3 aromatic rings. The van der Waals surface area contributed by atoms with Gasteiger partial charge in [0, 0.05) is 18.0 Å². The summed E-state index contributed by atoms with van der Waals surface area (Å²) in [6.07, 6.45) is 3.43. The minimum absolute atomic E-state index is 0.405. The molecule has 0 aliphatic carbocycles. The van der Waals surface area contributed by atoms with Gasteiger partial charge in [0.05, 0.1) is 0 Å². The minimum Gasteiger partial charge on any atom is -0.457 e. The third-order valence-electron chi connectivity index (χ3n) is 4.42. The Kier molecular flexibility index (Phi) is 4.60. The van der Waals surface area contributed by atoms with Crippen LogP contribution in [0, 0.1) is 5.41 Å². The SMILES string of the molecule is CC(C)(C)C(O)(c1ccc(Oc2ccccc2)cc1)c1cccnc1. The van der Waals surface area contributed by atoms with E-state index in [0.29, 0.717) is 0 Å². The zero-order chi connectivity index (χ0) is 17.9. The van der Waals surface area contributed by atoms with E-state index in [1.165, 1.54) is 0 Å². The van der Waals surface area contributed by atoms with Crippen LogP contribution in [0.1, 0.15) is 31.9 Å². The Morgan fingerprint density at radius 2 is 1.40 bits per heavy atom. The van der Waals surface area contributed by atoms with Gasteiger partial charge in [-0.3, -0.25) is 4.98 Å². The monoisotopic (exact) mass is 333 g/mol. The molecular weight excluding hydrogens is 310 g/mol. The molecule has 0 saturated carbocycles. The van der Waals surface area contributed by atoms with Gasteiger partial charge in [-0.05, 0) is 41.3 Å². The van der Waals surface area contributed by atoms with Crippen LogP contribution in [0.3, 0.4) is 0 Å². The van der Waals surface area contributed by atoms with Crippen LogP contribution in [0.2, 0.25) is 0 Å². The molecule has 0 bridgehead atoms. The van der Waals surface area contributed by atoms with Crippen molar-refractivity contribution in [1.29, 1.82) is 0 Å². The molecule has 1 N–H and O–H groups in total. The average molecular weight is 333 g/mol. The molecule has 3 rings (SSSR count). The maximum Gasteiger partial charge on any atom is 0.127 e. The molecule has 1 heterocycles. The van der Waals surface area contributed by atoms with Gasteiger partial charge in [0.25, 0.3) is 0 Å². The fourth-order valence-corrected chi connectivity index (χ4v) is 3.00. The van der Waals surface area contributed by atoms with Gasteiger partial charge in [-0.15, -0.1) is 0 Å². The Morgan fingerprint density at radius 3 is 1.96 bits per heavy atom. The molecule has 0 fully saturated rings. The van der Waals surface area contributed by atoms with Gasteiger partial charge in [-0.25, -0.2) is 0 Å². The molecule has 1 aromatic heterocycles. The van der Waals surface area contributed by atoms with Crippen molar-refractivity contribution in [3.05, 3.63) is 90.3 Å². The second kappa shape index (κ2) is 6.69. The summed E-state index contributed by atoms with van der Waals surface area (Å²) in [5, 5.41) is 11.6. The van der Waals surface area contributed by atoms with Crippen molar-refractivity contribution in [2.24, 2.45) is 5.41 Å². The average Bonchev–Trinajstić information content (AvgIpc) is 2.62. The molecule has 128 valence electrons. The van der Waals surface area contributed by atoms with Gasteiger partial charge in [0.15, 0.2) is 0 Å². The number of nitrogens with zero attached hydrogens (tertiary/aromatic N) is 1. The van der Waals surface area contributed by atoms with Crippen molar-refractivity contribution >= 4 is 0 Å². The summed E-state index contributed by atoms with van der Waals surface area (Å²) in [6.45, 7) is 6.07. The summed E-state index contributed by atoms with van der Waals surface area (Å²) in [5.74, 6) is 1.52. The van der Waals surface area contributed by atoms with E-state index in [1.54, 1.807) is 12.4 Å². The van der Waals surface area contributed by atoms with Crippen molar-refractivity contribution in [2.75, 3.05) is 0 Å². The Labute approximate surface area is 148 Å². The zero-order valence-electron chi connectivity index (χ0n) is 14.8. The Hall–Kier alpha value is -2.65. The minimum atomic E-state index is -1.15. The largest absolute Gasteiger partial charge is 0.457 e. The van der Waals surface area contributed by atoms with E-state index in [-0.39, 0.29) is 0 Å². The highest BCUT2D eigenvalue weighted by Gasteiger charge is 2.43. The molecule has 0 radical (unpaired) electrons. The van der Waals surface area contributed by atoms with Gasteiger partial charge < -0.3 is 9.84 Å². The van der Waals surface area contributed by atoms with Crippen LogP contribution in [0.25, 0.3) is 0 Å². The quantitative estimate of drug-likeness (QED) is 0.717. The second-order valence-electron chi connectivity index (χ2n) is 7.14. The van der Waals surface area contributed by atoms with Crippen LogP contribution in [0.4, 0.5) is 0 Å². The smallest absolute Gasteiger partial charge is 0.127 e. The number of aliphatic hydroxyl groups is 1. The van der Waals surface area contributed by atoms with Crippen molar-refractivity contribution in [1.82, 2.24) is 4.98 Å². The van der Waals surface area contributed by atoms with Crippen LogP contribution in [-0.4, -0.2) is 10.1 Å². The second-order valence-corrected chi connectivity index (χ2v) is 7.14. The van der Waals surface area contributed by atoms with Crippen molar-refractivity contribution in [3.8, 4) is 11.5 Å². The summed E-state index contributed by atoms with van der Waals surface area (Å²) >= 11 is 0. The highest BCUT2D eigenvalue weighted by Crippen LogP contribution is 2.44. The number of para-hydroxylation sites is 1. The molecule has 0 saturated heterocycles. The summed E-state index contributed by atoms with van der Waals surface area (Å²) in [6, 6.07) is 21.0. The zero-order valence-corrected chi connectivity index (χ0v) is 14.8. The van der Waals surface area contributed by atoms with E-state index >= 15 is 0 Å². The molecule has 0 aliphatic heterocycles. The third kappa shape index (κ3) is 3.42. The number of rotatable bonds is 4. The predicted molar refractivity (Wildman–Crippen MR) is 99.6 cm³/mol. The maximum absolute atomic E-state index is 11.6. The fraction of sp³-hybridized carbons (Fsp3) is 0.227. The van der Waals surface area contributed by atoms with Crippen LogP contribution in [-0.2, 0) is 5.60 Å². The standard InChI is InChI=1S/C22H23NO2/c1-21(2,3)22(24,18-8-7-15-23-16-18)17-11-13-20(14-12-17)25-19-9-5-4-6-10-19/h4-16,24H,1-3H3. The van der Waals surface area contributed by atoms with Gasteiger partial charge in [0.1, 0.15) is 17.1 Å². The van der Waals surface area contributed by atoms with E-state index in [4.69, 9.17) is 4.74 Å². The molecule has 3 heteroatoms. The first-order chi connectivity index (χ1) is 11.9. The molecule has 25 heavy (non-hydrogen) atoms. The van der Waals surface area contributed by atoms with E-state index in [1.807, 2.05) is 87.5 Å². The lowest BCUT2D eigenvalue weighted by Crippen LogP contribution is -2.41. The Morgan fingerprint density at radius 1 is 0.760 bits per heavy atom. The molecule has 0 aliphatic rings. The third-order valence-corrected chi connectivity index (χ3v) is 4.42. The number of benzene rings is 2. The first-order valence-electron chi connectivity index (χ1n) is 8.37. The maximum atomic E-state index is 11.6. The topological polar surface area (TPSA) is 42.4 Å². The fourth-order valence-electron chi connectivity index (χ4n) is 3.00. The van der Waals surface area contributed by atoms with E-state index in [0.717, 1.165) is 22.6 Å². The number of pyridine rings is 1. The van der Waals surface area contributed by atoms with E-state index in [9.17, 15) is 5.11 Å². The van der Waals surface area contributed by atoms with Crippen LogP contribution in [0.15, 0.2) is 79.1 Å². The molecule has 3 nitrogen and oxygen atoms in total. The van der Waals surface area contributed by atoms with Crippen LogP contribution >= 0.6 is 0 Å². The normalized spacial score (nSPS) is 13.9. The summed E-state index contributed by atoms with van der Waals surface area (Å²) in [7, 11) is 0. The molecule has 0 spiro atoms. The first-order valence-corrected chi connectivity index (χ1v) is 8.37. The van der Waals surface area contributed by atoms with Gasteiger partial charge in [0.2, 0.25) is 0 Å². The Bertz CT molecular complexity index is 808. The predicted octanol–water partition coefficient (Wildman–Crippen LogP) is 5.16. The van der Waals surface area contributed by atoms with E-state index < -0.39 is 11.0 Å². The first kappa shape index (κ1) is 17.2. The summed E-state index contributed by atoms with van der Waals surface area (Å²) in [4.78, 5) is 4.18. The van der Waals surface area contributed by atoms with Crippen molar-refractivity contribution in [2.45, 2.75) is 26.4 Å². The summed E-state index contributed by atoms with van der Waals surface area (Å²) in [5.41, 5.74) is 0.0392. The summed E-state index contributed by atoms with van der Waals surface area (Å²) < 4.78 is 5.84. The molecule has 1 atom stereocenters. The molecule has 2 aromatic carbocycles. The van der Waals surface area contributed by atoms with Gasteiger partial charge in [-0.2, -0.15) is 0 Å². The highest BCUT2D eigenvalue weighted by atomic mass is 16.5. The molecular formula is C22H23NO2. The van der Waals surface area contributed by atoms with Crippen LogP contribution < -0.4 is 4.74 Å². The lowest BCUT2D eigenvalue weighted by molar-refractivity contribution is -0.0262. The number of hydrogen-bond acceptors (Lipinski definition) is 3. The van der Waals surface area contributed by atoms with Crippen molar-refractivity contribution < 1.29 is 9.84 Å². The molecule has 0 amide bonds. The number of hydrogen-bond donors (Lipinski definition) is 1. The number of aromatic nitrogens is 1. The van der Waals surface area contributed by atoms with Crippen molar-refractivity contribution in [3.63, 3.8) is 0 Å². The van der Waals surface area contributed by atoms with Crippen LogP contribution in [0.5, 0.6) is 11.5 Å². The lowest BCUT2D eigenvalue weighted by atomic mass is 9.69. The lowest BCUT2D eigenvalue weighted by Gasteiger charge is -2.41. The number of ether oxygens (including phenoxy) is 1.